The van der Waals surface area contributed by atoms with Crippen LogP contribution in [-0.4, -0.2) is 50.1 Å². The molecule has 0 atom stereocenters. The number of benzene rings is 2. The summed E-state index contributed by atoms with van der Waals surface area (Å²) in [6, 6.07) is 15.8. The minimum Gasteiger partial charge on any atom is -0.497 e. The minimum absolute atomic E-state index is 0.0919. The fourth-order valence-corrected chi connectivity index (χ4v) is 2.67. The number of hydrogen-bond donors (Lipinski definition) is 0. The second-order valence-corrected chi connectivity index (χ2v) is 6.35. The second kappa shape index (κ2) is 9.82. The van der Waals surface area contributed by atoms with E-state index < -0.39 is 0 Å². The molecule has 0 saturated heterocycles. The van der Waals surface area contributed by atoms with Crippen LogP contribution in [0.1, 0.15) is 18.1 Å². The van der Waals surface area contributed by atoms with Crippen LogP contribution < -0.4 is 9.47 Å². The Bertz CT molecular complexity index is 683. The van der Waals surface area contributed by atoms with Crippen molar-refractivity contribution in [2.24, 2.45) is 0 Å². The van der Waals surface area contributed by atoms with Gasteiger partial charge in [0.25, 0.3) is 0 Å². The zero-order valence-corrected chi connectivity index (χ0v) is 16.1. The Balaban J connectivity index is 1.82. The maximum absolute atomic E-state index is 12.4. The van der Waals surface area contributed by atoms with E-state index in [1.54, 1.807) is 12.0 Å². The van der Waals surface area contributed by atoms with E-state index >= 15 is 0 Å². The Labute approximate surface area is 156 Å². The zero-order valence-electron chi connectivity index (χ0n) is 16.1. The Morgan fingerprint density at radius 2 is 1.42 bits per heavy atom. The summed E-state index contributed by atoms with van der Waals surface area (Å²) in [4.78, 5) is 16.2. The normalized spacial score (nSPS) is 10.7. The first kappa shape index (κ1) is 19.8. The molecule has 0 spiro atoms. The average molecular weight is 356 g/mol. The molecular weight excluding hydrogens is 328 g/mol. The van der Waals surface area contributed by atoms with Gasteiger partial charge in [0.05, 0.1) is 20.3 Å². The molecule has 0 saturated carbocycles. The lowest BCUT2D eigenvalue weighted by atomic mass is 10.2. The summed E-state index contributed by atoms with van der Waals surface area (Å²) < 4.78 is 10.6. The van der Waals surface area contributed by atoms with E-state index in [1.165, 1.54) is 0 Å². The molecule has 0 bridgehead atoms. The minimum atomic E-state index is 0.0919. The quantitative estimate of drug-likeness (QED) is 0.692. The van der Waals surface area contributed by atoms with E-state index in [0.29, 0.717) is 26.2 Å². The Hall–Kier alpha value is -2.53. The fourth-order valence-electron chi connectivity index (χ4n) is 2.67. The number of likely N-dealkylation sites (N-methyl/N-ethyl adjacent to an activating group) is 2. The molecule has 2 aromatic rings. The monoisotopic (exact) mass is 356 g/mol. The van der Waals surface area contributed by atoms with Gasteiger partial charge in [-0.1, -0.05) is 24.3 Å². The number of ether oxygens (including phenoxy) is 2. The molecular formula is C21H28N2O3. The Morgan fingerprint density at radius 3 is 1.96 bits per heavy atom. The number of amides is 1. The van der Waals surface area contributed by atoms with Gasteiger partial charge in [-0.05, 0) is 49.4 Å². The number of rotatable bonds is 9. The van der Waals surface area contributed by atoms with E-state index in [-0.39, 0.29) is 5.91 Å². The molecule has 5 nitrogen and oxygen atoms in total. The van der Waals surface area contributed by atoms with Crippen LogP contribution in [0.25, 0.3) is 0 Å². The number of carbonyl (C=O) groups is 1. The van der Waals surface area contributed by atoms with Crippen molar-refractivity contribution in [3.63, 3.8) is 0 Å². The van der Waals surface area contributed by atoms with Crippen LogP contribution in [-0.2, 0) is 17.9 Å². The summed E-state index contributed by atoms with van der Waals surface area (Å²) in [5.41, 5.74) is 2.23. The van der Waals surface area contributed by atoms with E-state index in [2.05, 4.69) is 0 Å². The van der Waals surface area contributed by atoms with Gasteiger partial charge in [0.2, 0.25) is 5.91 Å². The molecule has 0 aliphatic heterocycles. The van der Waals surface area contributed by atoms with E-state index in [4.69, 9.17) is 9.47 Å². The lowest BCUT2D eigenvalue weighted by molar-refractivity contribution is -0.131. The van der Waals surface area contributed by atoms with Gasteiger partial charge >= 0.3 is 0 Å². The van der Waals surface area contributed by atoms with Crippen LogP contribution >= 0.6 is 0 Å². The van der Waals surface area contributed by atoms with Crippen molar-refractivity contribution in [2.45, 2.75) is 20.0 Å². The number of methoxy groups -OCH3 is 1. The first-order valence-electron chi connectivity index (χ1n) is 8.79. The van der Waals surface area contributed by atoms with Crippen molar-refractivity contribution in [2.75, 3.05) is 34.4 Å². The lowest BCUT2D eigenvalue weighted by Gasteiger charge is -2.22. The molecule has 0 unspecified atom stereocenters. The molecule has 1 amide bonds. The van der Waals surface area contributed by atoms with Gasteiger partial charge in [-0.2, -0.15) is 0 Å². The zero-order chi connectivity index (χ0) is 18.9. The number of hydrogen-bond acceptors (Lipinski definition) is 4. The lowest BCUT2D eigenvalue weighted by Crippen LogP contribution is -2.36. The van der Waals surface area contributed by atoms with Gasteiger partial charge in [0.15, 0.2) is 0 Å². The van der Waals surface area contributed by atoms with Crippen molar-refractivity contribution in [3.8, 4) is 11.5 Å². The van der Waals surface area contributed by atoms with Crippen LogP contribution in [0.2, 0.25) is 0 Å². The Morgan fingerprint density at radius 1 is 0.885 bits per heavy atom. The molecule has 0 fully saturated rings. The summed E-state index contributed by atoms with van der Waals surface area (Å²) in [5, 5.41) is 0. The Kier molecular flexibility index (Phi) is 7.48. The predicted octanol–water partition coefficient (Wildman–Crippen LogP) is 3.18. The molecule has 140 valence electrons. The van der Waals surface area contributed by atoms with Crippen molar-refractivity contribution < 1.29 is 14.3 Å². The molecule has 5 heteroatoms. The van der Waals surface area contributed by atoms with E-state index in [1.807, 2.05) is 74.4 Å². The third-order valence-corrected chi connectivity index (χ3v) is 4.10. The second-order valence-electron chi connectivity index (χ2n) is 6.35. The molecule has 0 aliphatic rings. The standard InChI is InChI=1S/C21H28N2O3/c1-5-26-20-12-8-17(9-13-20)14-22(2)16-21(24)23(3)15-18-6-10-19(25-4)11-7-18/h6-13H,5,14-16H2,1-4H3. The van der Waals surface area contributed by atoms with Crippen molar-refractivity contribution >= 4 is 5.91 Å². The van der Waals surface area contributed by atoms with Gasteiger partial charge in [-0.25, -0.2) is 0 Å². The first-order valence-corrected chi connectivity index (χ1v) is 8.79. The van der Waals surface area contributed by atoms with Gasteiger partial charge in [0, 0.05) is 20.1 Å². The van der Waals surface area contributed by atoms with Crippen molar-refractivity contribution in [1.29, 1.82) is 0 Å². The molecule has 2 aromatic carbocycles. The first-order chi connectivity index (χ1) is 12.5. The number of nitrogens with zero attached hydrogens (tertiary/aromatic N) is 2. The molecule has 0 aromatic heterocycles. The topological polar surface area (TPSA) is 42.0 Å². The highest BCUT2D eigenvalue weighted by atomic mass is 16.5. The van der Waals surface area contributed by atoms with E-state index in [0.717, 1.165) is 22.6 Å². The van der Waals surface area contributed by atoms with Gasteiger partial charge < -0.3 is 14.4 Å². The summed E-state index contributed by atoms with van der Waals surface area (Å²) in [7, 11) is 5.43. The third-order valence-electron chi connectivity index (χ3n) is 4.10. The van der Waals surface area contributed by atoms with Gasteiger partial charge in [-0.3, -0.25) is 9.69 Å². The highest BCUT2D eigenvalue weighted by Gasteiger charge is 2.12. The van der Waals surface area contributed by atoms with Crippen molar-refractivity contribution in [3.05, 3.63) is 59.7 Å². The smallest absolute Gasteiger partial charge is 0.236 e. The summed E-state index contributed by atoms with van der Waals surface area (Å²) in [5.74, 6) is 1.78. The van der Waals surface area contributed by atoms with Crippen LogP contribution in [0.3, 0.4) is 0 Å². The maximum Gasteiger partial charge on any atom is 0.236 e. The summed E-state index contributed by atoms with van der Waals surface area (Å²) in [6.45, 7) is 4.30. The molecule has 0 radical (unpaired) electrons. The largest absolute Gasteiger partial charge is 0.497 e. The third kappa shape index (κ3) is 6.08. The van der Waals surface area contributed by atoms with Crippen LogP contribution in [0.5, 0.6) is 11.5 Å². The van der Waals surface area contributed by atoms with Crippen molar-refractivity contribution in [1.82, 2.24) is 9.80 Å². The average Bonchev–Trinajstić information content (AvgIpc) is 2.64. The summed E-state index contributed by atoms with van der Waals surface area (Å²) in [6.07, 6.45) is 0. The highest BCUT2D eigenvalue weighted by Crippen LogP contribution is 2.14. The maximum atomic E-state index is 12.4. The fraction of sp³-hybridized carbons (Fsp3) is 0.381. The predicted molar refractivity (Wildman–Crippen MR) is 103 cm³/mol. The molecule has 0 aliphatic carbocycles. The van der Waals surface area contributed by atoms with Crippen LogP contribution in [0, 0.1) is 0 Å². The highest BCUT2D eigenvalue weighted by molar-refractivity contribution is 5.77. The molecule has 0 heterocycles. The van der Waals surface area contributed by atoms with Crippen LogP contribution in [0.15, 0.2) is 48.5 Å². The molecule has 26 heavy (non-hydrogen) atoms. The molecule has 0 N–H and O–H groups in total. The van der Waals surface area contributed by atoms with Gasteiger partial charge in [0.1, 0.15) is 11.5 Å². The van der Waals surface area contributed by atoms with Crippen LogP contribution in [0.4, 0.5) is 0 Å². The van der Waals surface area contributed by atoms with E-state index in [9.17, 15) is 4.79 Å². The SMILES string of the molecule is CCOc1ccc(CN(C)CC(=O)N(C)Cc2ccc(OC)cc2)cc1. The number of carbonyl (C=O) groups excluding carboxylic acids is 1. The molecule has 2 rings (SSSR count). The summed E-state index contributed by atoms with van der Waals surface area (Å²) >= 11 is 0. The van der Waals surface area contributed by atoms with Gasteiger partial charge in [-0.15, -0.1) is 0 Å².